The molecular weight excluding hydrogens is 186 g/mol. The Balaban J connectivity index is 2.41. The molecule has 1 heterocycles. The van der Waals surface area contributed by atoms with E-state index in [1.165, 1.54) is 44.1 Å². The number of unbranched alkanes of at least 4 members (excludes halogenated alkanes) is 1. The van der Waals surface area contributed by atoms with Crippen molar-refractivity contribution in [2.24, 2.45) is 0 Å². The van der Waals surface area contributed by atoms with Gasteiger partial charge in [-0.05, 0) is 37.8 Å². The lowest BCUT2D eigenvalue weighted by Gasteiger charge is -2.24. The number of hydrogen-bond acceptors (Lipinski definition) is 2. The molecule has 2 heteroatoms. The van der Waals surface area contributed by atoms with E-state index in [1.807, 2.05) is 6.26 Å². The molecule has 2 nitrogen and oxygen atoms in total. The topological polar surface area (TPSA) is 21.3 Å². The van der Waals surface area contributed by atoms with Gasteiger partial charge in [-0.2, -0.15) is 0 Å². The summed E-state index contributed by atoms with van der Waals surface area (Å²) in [6.07, 6.45) is 9.43. The maximum atomic E-state index is 5.42. The highest BCUT2D eigenvalue weighted by Crippen LogP contribution is 2.19. The van der Waals surface area contributed by atoms with Crippen LogP contribution in [0.3, 0.4) is 0 Å². The largest absolute Gasteiger partial charge is 0.501 e. The van der Waals surface area contributed by atoms with Gasteiger partial charge >= 0.3 is 0 Å². The van der Waals surface area contributed by atoms with E-state index >= 15 is 0 Å². The molecule has 0 aromatic rings. The van der Waals surface area contributed by atoms with Crippen LogP contribution in [0, 0.1) is 0 Å². The zero-order chi connectivity index (χ0) is 10.9. The summed E-state index contributed by atoms with van der Waals surface area (Å²) in [5.41, 5.74) is 1.48. The van der Waals surface area contributed by atoms with Crippen molar-refractivity contribution in [3.63, 3.8) is 0 Å². The molecule has 1 atom stereocenters. The third-order valence-corrected chi connectivity index (χ3v) is 2.90. The first kappa shape index (κ1) is 12.6. The van der Waals surface area contributed by atoms with Gasteiger partial charge < -0.3 is 10.1 Å². The van der Waals surface area contributed by atoms with Crippen LogP contribution in [0.15, 0.2) is 11.8 Å². The predicted molar refractivity (Wildman–Crippen MR) is 64.9 cm³/mol. The van der Waals surface area contributed by atoms with Crippen LogP contribution in [0.1, 0.15) is 52.4 Å². The van der Waals surface area contributed by atoms with Crippen LogP contribution in [0.4, 0.5) is 0 Å². The Morgan fingerprint density at radius 1 is 1.40 bits per heavy atom. The first-order chi connectivity index (χ1) is 7.38. The molecule has 15 heavy (non-hydrogen) atoms. The Morgan fingerprint density at radius 2 is 2.27 bits per heavy atom. The van der Waals surface area contributed by atoms with Crippen molar-refractivity contribution in [3.8, 4) is 0 Å². The minimum Gasteiger partial charge on any atom is -0.501 e. The van der Waals surface area contributed by atoms with Crippen LogP contribution in [-0.4, -0.2) is 19.2 Å². The van der Waals surface area contributed by atoms with E-state index < -0.39 is 0 Å². The van der Waals surface area contributed by atoms with Crippen molar-refractivity contribution in [2.45, 2.75) is 58.4 Å². The standard InChI is InChI=1S/C13H25NO/c1-3-5-8-13(14-9-4-2)12-7-6-10-15-11-12/h11,13-14H,3-10H2,1-2H3. The highest BCUT2D eigenvalue weighted by atomic mass is 16.5. The van der Waals surface area contributed by atoms with Crippen LogP contribution >= 0.6 is 0 Å². The van der Waals surface area contributed by atoms with E-state index in [-0.39, 0.29) is 0 Å². The summed E-state index contributed by atoms with van der Waals surface area (Å²) in [6.45, 7) is 6.49. The molecule has 0 spiro atoms. The molecule has 0 aliphatic carbocycles. The molecule has 0 amide bonds. The Labute approximate surface area is 94.1 Å². The molecule has 1 rings (SSSR count). The molecule has 1 N–H and O–H groups in total. The van der Waals surface area contributed by atoms with Gasteiger partial charge in [0, 0.05) is 6.04 Å². The van der Waals surface area contributed by atoms with Crippen molar-refractivity contribution in [3.05, 3.63) is 11.8 Å². The van der Waals surface area contributed by atoms with Crippen LogP contribution in [0.2, 0.25) is 0 Å². The van der Waals surface area contributed by atoms with Crippen LogP contribution < -0.4 is 5.32 Å². The van der Waals surface area contributed by atoms with Gasteiger partial charge in [0.15, 0.2) is 0 Å². The van der Waals surface area contributed by atoms with Gasteiger partial charge in [-0.3, -0.25) is 0 Å². The maximum absolute atomic E-state index is 5.42. The second kappa shape index (κ2) is 7.75. The number of ether oxygens (including phenoxy) is 1. The number of rotatable bonds is 7. The molecule has 1 unspecified atom stereocenters. The molecule has 0 bridgehead atoms. The van der Waals surface area contributed by atoms with Crippen LogP contribution in [0.25, 0.3) is 0 Å². The normalized spacial score (nSPS) is 18.1. The Hall–Kier alpha value is -0.500. The Bertz CT molecular complexity index is 181. The molecular formula is C13H25NO. The van der Waals surface area contributed by atoms with Crippen molar-refractivity contribution < 1.29 is 4.74 Å². The fourth-order valence-electron chi connectivity index (χ4n) is 1.99. The van der Waals surface area contributed by atoms with E-state index in [4.69, 9.17) is 4.74 Å². The van der Waals surface area contributed by atoms with Crippen LogP contribution in [-0.2, 0) is 4.74 Å². The predicted octanol–water partition coefficient (Wildman–Crippen LogP) is 3.24. The van der Waals surface area contributed by atoms with Gasteiger partial charge in [-0.25, -0.2) is 0 Å². The second-order valence-corrected chi connectivity index (χ2v) is 4.32. The van der Waals surface area contributed by atoms with E-state index in [9.17, 15) is 0 Å². The summed E-state index contributed by atoms with van der Waals surface area (Å²) >= 11 is 0. The average molecular weight is 211 g/mol. The average Bonchev–Trinajstić information content (AvgIpc) is 2.30. The summed E-state index contributed by atoms with van der Waals surface area (Å²) < 4.78 is 5.42. The molecule has 0 radical (unpaired) electrons. The molecule has 88 valence electrons. The summed E-state index contributed by atoms with van der Waals surface area (Å²) in [4.78, 5) is 0. The number of hydrogen-bond donors (Lipinski definition) is 1. The summed E-state index contributed by atoms with van der Waals surface area (Å²) in [7, 11) is 0. The fraction of sp³-hybridized carbons (Fsp3) is 0.846. The van der Waals surface area contributed by atoms with E-state index in [2.05, 4.69) is 19.2 Å². The van der Waals surface area contributed by atoms with E-state index in [1.54, 1.807) is 0 Å². The first-order valence-corrected chi connectivity index (χ1v) is 6.42. The van der Waals surface area contributed by atoms with Crippen molar-refractivity contribution in [1.82, 2.24) is 5.32 Å². The molecule has 0 saturated carbocycles. The highest BCUT2D eigenvalue weighted by Gasteiger charge is 2.15. The lowest BCUT2D eigenvalue weighted by molar-refractivity contribution is 0.218. The monoisotopic (exact) mass is 211 g/mol. The second-order valence-electron chi connectivity index (χ2n) is 4.32. The molecule has 1 aliphatic rings. The van der Waals surface area contributed by atoms with Crippen molar-refractivity contribution in [1.29, 1.82) is 0 Å². The molecule has 0 saturated heterocycles. The Morgan fingerprint density at radius 3 is 2.87 bits per heavy atom. The maximum Gasteiger partial charge on any atom is 0.0876 e. The van der Waals surface area contributed by atoms with Gasteiger partial charge in [0.2, 0.25) is 0 Å². The summed E-state index contributed by atoms with van der Waals surface area (Å²) in [5.74, 6) is 0. The van der Waals surface area contributed by atoms with E-state index in [0.717, 1.165) is 13.2 Å². The molecule has 1 aliphatic heterocycles. The lowest BCUT2D eigenvalue weighted by Crippen LogP contribution is -2.32. The number of nitrogens with one attached hydrogen (secondary N) is 1. The van der Waals surface area contributed by atoms with Gasteiger partial charge in [0.1, 0.15) is 0 Å². The zero-order valence-corrected chi connectivity index (χ0v) is 10.2. The third-order valence-electron chi connectivity index (χ3n) is 2.90. The van der Waals surface area contributed by atoms with Crippen LogP contribution in [0.5, 0.6) is 0 Å². The van der Waals surface area contributed by atoms with Crippen molar-refractivity contribution in [2.75, 3.05) is 13.2 Å². The zero-order valence-electron chi connectivity index (χ0n) is 10.2. The molecule has 0 aromatic heterocycles. The van der Waals surface area contributed by atoms with E-state index in [0.29, 0.717) is 6.04 Å². The lowest BCUT2D eigenvalue weighted by atomic mass is 9.97. The van der Waals surface area contributed by atoms with Gasteiger partial charge in [0.25, 0.3) is 0 Å². The minimum absolute atomic E-state index is 0.560. The SMILES string of the molecule is CCCCC(NCCC)C1=COCCC1. The third kappa shape index (κ3) is 4.70. The molecule has 0 fully saturated rings. The summed E-state index contributed by atoms with van der Waals surface area (Å²) in [6, 6.07) is 0.560. The summed E-state index contributed by atoms with van der Waals surface area (Å²) in [5, 5.41) is 3.63. The fourth-order valence-corrected chi connectivity index (χ4v) is 1.99. The smallest absolute Gasteiger partial charge is 0.0876 e. The highest BCUT2D eigenvalue weighted by molar-refractivity contribution is 5.09. The minimum atomic E-state index is 0.560. The van der Waals surface area contributed by atoms with Gasteiger partial charge in [-0.1, -0.05) is 26.7 Å². The Kier molecular flexibility index (Phi) is 6.49. The quantitative estimate of drug-likeness (QED) is 0.698. The van der Waals surface area contributed by atoms with Gasteiger partial charge in [0.05, 0.1) is 12.9 Å². The van der Waals surface area contributed by atoms with Gasteiger partial charge in [-0.15, -0.1) is 0 Å². The van der Waals surface area contributed by atoms with Crippen molar-refractivity contribution >= 4 is 0 Å². The molecule has 0 aromatic carbocycles. The first-order valence-electron chi connectivity index (χ1n) is 6.42.